The fraction of sp³-hybridized carbons (Fsp3) is 0.538. The summed E-state index contributed by atoms with van der Waals surface area (Å²) in [4.78, 5) is 6.42. The second kappa shape index (κ2) is 11.2. The average Bonchev–Trinajstić information content (AvgIpc) is 3.24. The molecule has 0 saturated carbocycles. The number of nitrogens with zero attached hydrogens (tertiary/aromatic N) is 3. The topological polar surface area (TPSA) is 39.2 Å². The molecule has 0 unspecified atom stereocenters. The van der Waals surface area contributed by atoms with Crippen LogP contribution in [0.4, 0.5) is 13.2 Å². The second-order valence-electron chi connectivity index (χ2n) is 9.39. The van der Waals surface area contributed by atoms with Crippen molar-refractivity contribution in [1.82, 2.24) is 14.7 Å². The number of piperazine rings is 1. The third-order valence-corrected chi connectivity index (χ3v) is 6.81. The number of hydrogen-bond donors (Lipinski definition) is 1. The lowest BCUT2D eigenvalue weighted by molar-refractivity contribution is -0.138. The van der Waals surface area contributed by atoms with E-state index in [1.807, 2.05) is 24.3 Å². The summed E-state index contributed by atoms with van der Waals surface area (Å²) in [5.74, 6) is 0. The predicted octanol–water partition coefficient (Wildman–Crippen LogP) is 3.70. The van der Waals surface area contributed by atoms with Crippen molar-refractivity contribution in [2.24, 2.45) is 0 Å². The van der Waals surface area contributed by atoms with E-state index >= 15 is 0 Å². The predicted molar refractivity (Wildman–Crippen MR) is 126 cm³/mol. The van der Waals surface area contributed by atoms with Crippen molar-refractivity contribution in [2.45, 2.75) is 31.9 Å². The fourth-order valence-electron chi connectivity index (χ4n) is 4.75. The molecular weight excluding hydrogens is 443 g/mol. The van der Waals surface area contributed by atoms with E-state index in [1.165, 1.54) is 6.07 Å². The van der Waals surface area contributed by atoms with Crippen LogP contribution in [0.3, 0.4) is 0 Å². The maximum Gasteiger partial charge on any atom is 0.416 e. The van der Waals surface area contributed by atoms with Gasteiger partial charge in [-0.05, 0) is 41.8 Å². The minimum absolute atomic E-state index is 0.103. The third kappa shape index (κ3) is 6.58. The molecule has 0 aromatic heterocycles. The minimum atomic E-state index is -4.41. The quantitative estimate of drug-likeness (QED) is 0.628. The Hall–Kier alpha value is -1.97. The average molecular weight is 478 g/mol. The molecule has 186 valence electrons. The summed E-state index contributed by atoms with van der Waals surface area (Å²) in [5, 5.41) is 9.07. The molecule has 2 heterocycles. The molecule has 2 fully saturated rings. The van der Waals surface area contributed by atoms with Gasteiger partial charge in [0.2, 0.25) is 0 Å². The summed E-state index contributed by atoms with van der Waals surface area (Å²) in [6.07, 6.45) is -3.14. The van der Waals surface area contributed by atoms with E-state index in [9.17, 15) is 13.2 Å². The van der Waals surface area contributed by atoms with Gasteiger partial charge in [-0.3, -0.25) is 9.80 Å². The van der Waals surface area contributed by atoms with Crippen molar-refractivity contribution in [3.63, 3.8) is 0 Å². The van der Waals surface area contributed by atoms with Gasteiger partial charge in [-0.15, -0.1) is 0 Å². The summed E-state index contributed by atoms with van der Waals surface area (Å²) >= 11 is 0. The van der Waals surface area contributed by atoms with E-state index < -0.39 is 11.7 Å². The number of hydrogen-bond acceptors (Lipinski definition) is 5. The van der Waals surface area contributed by atoms with Crippen LogP contribution in [0, 0.1) is 0 Å². The number of halogens is 3. The van der Waals surface area contributed by atoms with Crippen molar-refractivity contribution in [3.8, 4) is 11.1 Å². The minimum Gasteiger partial charge on any atom is -0.395 e. The van der Waals surface area contributed by atoms with Crippen molar-refractivity contribution in [2.75, 3.05) is 59.5 Å². The van der Waals surface area contributed by atoms with Crippen molar-refractivity contribution >= 4 is 0 Å². The van der Waals surface area contributed by atoms with Gasteiger partial charge < -0.3 is 14.7 Å². The Kier molecular flexibility index (Phi) is 8.26. The first kappa shape index (κ1) is 25.1. The number of likely N-dealkylation sites (tertiary alicyclic amines) is 1. The molecule has 2 aliphatic rings. The van der Waals surface area contributed by atoms with Crippen molar-refractivity contribution < 1.29 is 23.0 Å². The smallest absolute Gasteiger partial charge is 0.395 e. The molecular formula is C26H34F3N3O2. The molecule has 34 heavy (non-hydrogen) atoms. The van der Waals surface area contributed by atoms with Gasteiger partial charge in [0.15, 0.2) is 0 Å². The molecule has 0 radical (unpaired) electrons. The van der Waals surface area contributed by atoms with Crippen molar-refractivity contribution in [1.29, 1.82) is 0 Å². The van der Waals surface area contributed by atoms with Gasteiger partial charge in [0.1, 0.15) is 0 Å². The van der Waals surface area contributed by atoms with Gasteiger partial charge in [-0.2, -0.15) is 13.2 Å². The highest BCUT2D eigenvalue weighted by Gasteiger charge is 2.34. The highest BCUT2D eigenvalue weighted by molar-refractivity contribution is 5.65. The fourth-order valence-corrected chi connectivity index (χ4v) is 4.75. The maximum atomic E-state index is 13.9. The molecule has 5 nitrogen and oxygen atoms in total. The zero-order valence-corrected chi connectivity index (χ0v) is 19.7. The standard InChI is InChI=1S/C26H34F3N3O2/c1-30-9-8-24(18-30)34-19-20-2-4-21(5-3-20)22-6-7-23(25(16-22)26(27,28)29)17-32-12-10-31(11-13-32)14-15-33/h2-7,16,24,33H,8-15,17-19H2,1H3/t24-/m1/s1. The largest absolute Gasteiger partial charge is 0.416 e. The molecule has 2 aromatic rings. The van der Waals surface area contributed by atoms with Gasteiger partial charge in [0.25, 0.3) is 0 Å². The lowest BCUT2D eigenvalue weighted by atomic mass is 9.97. The SMILES string of the molecule is CN1CC[C@@H](OCc2ccc(-c3ccc(CN4CCN(CCO)CC4)c(C(F)(F)F)c3)cc2)C1. The summed E-state index contributed by atoms with van der Waals surface area (Å²) in [6.45, 7) is 6.38. The molecule has 2 aliphatic heterocycles. The molecule has 2 saturated heterocycles. The zero-order chi connectivity index (χ0) is 24.1. The van der Waals surface area contributed by atoms with Gasteiger partial charge in [0.05, 0.1) is 24.9 Å². The van der Waals surface area contributed by atoms with Crippen LogP contribution in [0.15, 0.2) is 42.5 Å². The molecule has 1 atom stereocenters. The molecule has 1 N–H and O–H groups in total. The number of likely N-dealkylation sites (N-methyl/N-ethyl adjacent to an activating group) is 1. The maximum absolute atomic E-state index is 13.9. The van der Waals surface area contributed by atoms with E-state index in [4.69, 9.17) is 9.84 Å². The van der Waals surface area contributed by atoms with Crippen LogP contribution < -0.4 is 0 Å². The molecule has 0 bridgehead atoms. The van der Waals surface area contributed by atoms with Crippen LogP contribution in [-0.2, 0) is 24.1 Å². The lowest BCUT2D eigenvalue weighted by Gasteiger charge is -2.34. The molecule has 0 amide bonds. The summed E-state index contributed by atoms with van der Waals surface area (Å²) in [5.41, 5.74) is 2.08. The van der Waals surface area contributed by atoms with Gasteiger partial charge in [0, 0.05) is 52.4 Å². The normalized spacial score (nSPS) is 20.8. The first-order valence-electron chi connectivity index (χ1n) is 12.0. The van der Waals surface area contributed by atoms with E-state index in [0.717, 1.165) is 43.7 Å². The number of alkyl halides is 3. The van der Waals surface area contributed by atoms with Crippen LogP contribution in [0.2, 0.25) is 0 Å². The van der Waals surface area contributed by atoms with E-state index in [1.54, 1.807) is 12.1 Å². The lowest BCUT2D eigenvalue weighted by Crippen LogP contribution is -2.46. The first-order valence-corrected chi connectivity index (χ1v) is 12.0. The number of ether oxygens (including phenoxy) is 1. The highest BCUT2D eigenvalue weighted by Crippen LogP contribution is 2.36. The van der Waals surface area contributed by atoms with E-state index in [-0.39, 0.29) is 19.3 Å². The van der Waals surface area contributed by atoms with Gasteiger partial charge in [-0.1, -0.05) is 36.4 Å². The monoisotopic (exact) mass is 477 g/mol. The zero-order valence-electron chi connectivity index (χ0n) is 19.7. The van der Waals surface area contributed by atoms with E-state index in [0.29, 0.717) is 37.4 Å². The highest BCUT2D eigenvalue weighted by atomic mass is 19.4. The Labute approximate surface area is 199 Å². The Morgan fingerprint density at radius 2 is 1.62 bits per heavy atom. The first-order chi connectivity index (χ1) is 16.3. The summed E-state index contributed by atoms with van der Waals surface area (Å²) in [6, 6.07) is 12.3. The number of aliphatic hydroxyl groups excluding tert-OH is 1. The van der Waals surface area contributed by atoms with Crippen molar-refractivity contribution in [3.05, 3.63) is 59.2 Å². The van der Waals surface area contributed by atoms with Crippen LogP contribution in [0.25, 0.3) is 11.1 Å². The number of aliphatic hydroxyl groups is 1. The molecule has 8 heteroatoms. The van der Waals surface area contributed by atoms with Gasteiger partial charge >= 0.3 is 6.18 Å². The van der Waals surface area contributed by atoms with Crippen LogP contribution >= 0.6 is 0 Å². The number of β-amino-alcohol motifs (C(OH)–C–C–N with tert-alkyl or cyclic N) is 1. The molecule has 4 rings (SSSR count). The Bertz CT molecular complexity index is 928. The molecule has 0 aliphatic carbocycles. The molecule has 0 spiro atoms. The van der Waals surface area contributed by atoms with Gasteiger partial charge in [-0.25, -0.2) is 0 Å². The molecule has 2 aromatic carbocycles. The number of rotatable bonds is 8. The van der Waals surface area contributed by atoms with Crippen LogP contribution in [0.5, 0.6) is 0 Å². The Balaban J connectivity index is 1.42. The Morgan fingerprint density at radius 3 is 2.24 bits per heavy atom. The summed E-state index contributed by atoms with van der Waals surface area (Å²) in [7, 11) is 2.08. The number of benzene rings is 2. The van der Waals surface area contributed by atoms with E-state index in [2.05, 4.69) is 21.7 Å². The second-order valence-corrected chi connectivity index (χ2v) is 9.39. The Morgan fingerprint density at radius 1 is 0.941 bits per heavy atom. The summed E-state index contributed by atoms with van der Waals surface area (Å²) < 4.78 is 47.7. The van der Waals surface area contributed by atoms with Crippen LogP contribution in [0.1, 0.15) is 23.1 Å². The third-order valence-electron chi connectivity index (χ3n) is 6.81. The van der Waals surface area contributed by atoms with Crippen LogP contribution in [-0.4, -0.2) is 85.4 Å².